The fourth-order valence-electron chi connectivity index (χ4n) is 17.1. The summed E-state index contributed by atoms with van der Waals surface area (Å²) in [5, 5.41) is 23.7. The van der Waals surface area contributed by atoms with Gasteiger partial charge in [-0.15, -0.1) is 11.8 Å². The fourth-order valence-corrected chi connectivity index (χ4v) is 17.1. The van der Waals surface area contributed by atoms with Gasteiger partial charge < -0.3 is 29.3 Å². The second kappa shape index (κ2) is 18.2. The molecule has 8 nitrogen and oxygen atoms in total. The number of carbonyl (C=O) groups is 2. The van der Waals surface area contributed by atoms with Crippen LogP contribution in [0, 0.1) is 58.2 Å². The van der Waals surface area contributed by atoms with Crippen LogP contribution in [0.3, 0.4) is 0 Å². The lowest BCUT2D eigenvalue weighted by Gasteiger charge is -2.53. The smallest absolute Gasteiger partial charge is 0.251 e. The van der Waals surface area contributed by atoms with Gasteiger partial charge >= 0.3 is 0 Å². The minimum Gasteiger partial charge on any atom is -0.448 e. The maximum Gasteiger partial charge on any atom is 0.251 e. The van der Waals surface area contributed by atoms with Gasteiger partial charge in [-0.05, 0) is 197 Å². The lowest BCUT2D eigenvalue weighted by atomic mass is 9.51. The Balaban J connectivity index is 0.000000147. The summed E-state index contributed by atoms with van der Waals surface area (Å²) in [6.07, 6.45) is 21.7. The zero-order valence-corrected chi connectivity index (χ0v) is 43.3. The Hall–Kier alpha value is -4.86. The minimum atomic E-state index is -0.956. The highest BCUT2D eigenvalue weighted by atomic mass is 16.7. The highest BCUT2D eigenvalue weighted by molar-refractivity contribution is 5.93. The van der Waals surface area contributed by atoms with Gasteiger partial charge in [0.1, 0.15) is 11.2 Å². The van der Waals surface area contributed by atoms with Crippen molar-refractivity contribution in [2.45, 2.75) is 179 Å². The number of fused-ring (bicyclic) bond motifs is 9. The molecule has 0 radical (unpaired) electrons. The van der Waals surface area contributed by atoms with Gasteiger partial charge in [0.15, 0.2) is 23.1 Å². The molecule has 11 aliphatic rings. The van der Waals surface area contributed by atoms with Crippen molar-refractivity contribution < 1.29 is 34.0 Å². The summed E-state index contributed by atoms with van der Waals surface area (Å²) in [5.41, 5.74) is 10.0. The molecule has 5 saturated carbocycles. The molecule has 1 spiro atoms. The van der Waals surface area contributed by atoms with Crippen molar-refractivity contribution in [1.29, 1.82) is 0 Å². The van der Waals surface area contributed by atoms with Crippen LogP contribution in [-0.2, 0) is 14.3 Å². The Morgan fingerprint density at radius 1 is 0.597 bits per heavy atom. The van der Waals surface area contributed by atoms with Crippen molar-refractivity contribution in [2.75, 3.05) is 31.2 Å². The maximum atomic E-state index is 12.3. The van der Waals surface area contributed by atoms with E-state index >= 15 is 0 Å². The van der Waals surface area contributed by atoms with Gasteiger partial charge in [-0.1, -0.05) is 61.5 Å². The number of ketones is 2. The zero-order chi connectivity index (χ0) is 49.6. The molecule has 2 aliphatic heterocycles. The van der Waals surface area contributed by atoms with Crippen molar-refractivity contribution in [3.8, 4) is 35.2 Å². The molecule has 0 amide bonds. The summed E-state index contributed by atoms with van der Waals surface area (Å²) >= 11 is 0. The molecule has 8 heteroatoms. The number of ether oxygens (including phenoxy) is 3. The van der Waals surface area contributed by atoms with E-state index in [1.54, 1.807) is 5.57 Å². The summed E-state index contributed by atoms with van der Waals surface area (Å²) in [7, 11) is 0. The SMILES string of the molecule is CC#C[C@]1(O)CC[C@H]2[C@@H]3CCC4=CC(=O)CCC4=C3[C@@H](c3ccc(N4CCOCC4)cc3)C[C@@]21C.CC#C[C@]1(O)CC[C@H]2[C@@H]3CCC4=CC(=O)CCC4=C3[C@@H](c3ccc4c(c3)OC3(CCCCC3)O4)C[C@@]21C. The van der Waals surface area contributed by atoms with E-state index in [-0.39, 0.29) is 34.2 Å². The van der Waals surface area contributed by atoms with E-state index in [0.717, 1.165) is 141 Å². The van der Waals surface area contributed by atoms with Crippen molar-refractivity contribution in [1.82, 2.24) is 0 Å². The molecule has 2 aromatic rings. The van der Waals surface area contributed by atoms with Crippen molar-refractivity contribution >= 4 is 17.3 Å². The molecule has 0 unspecified atom stereocenters. The lowest BCUT2D eigenvalue weighted by molar-refractivity contribution is -0.115. The summed E-state index contributed by atoms with van der Waals surface area (Å²) in [4.78, 5) is 27.0. The average molecular weight is 970 g/mol. The largest absolute Gasteiger partial charge is 0.448 e. The number of hydrogen-bond acceptors (Lipinski definition) is 8. The molecule has 1 saturated heterocycles. The van der Waals surface area contributed by atoms with Crippen LogP contribution in [-0.4, -0.2) is 65.1 Å². The van der Waals surface area contributed by atoms with E-state index in [0.29, 0.717) is 36.5 Å². The fraction of sp³-hybridized carbons (Fsp3) is 0.594. The third-order valence-corrected chi connectivity index (χ3v) is 20.7. The molecule has 0 bridgehead atoms. The summed E-state index contributed by atoms with van der Waals surface area (Å²) in [6.45, 7) is 11.7. The van der Waals surface area contributed by atoms with E-state index < -0.39 is 17.0 Å². The number of benzene rings is 2. The molecular formula is C64H75NO7. The van der Waals surface area contributed by atoms with Crippen LogP contribution in [0.15, 0.2) is 88.1 Å². The Morgan fingerprint density at radius 2 is 1.11 bits per heavy atom. The number of nitrogens with zero attached hydrogens (tertiary/aromatic N) is 1. The average Bonchev–Trinajstić information content (AvgIpc) is 3.97. The van der Waals surface area contributed by atoms with Gasteiger partial charge in [0.25, 0.3) is 5.79 Å². The standard InChI is InChI=1S/C33H38O4.C31H37NO3/c1-3-14-32(35)17-13-27-25-10-7-21-18-23(34)9-11-24(21)30(25)26(20-31(27,32)2)22-8-12-28-29(19-22)37-33(36-28)15-5-4-6-16-33;1-3-13-31(34)14-12-28-26-10-6-22-19-24(33)9-11-25(22)29(26)27(20-30(28,31)2)21-4-7-23(8-5-21)32-15-17-35-18-16-32/h8,12,18-19,25-27,35H,4-7,9-11,13,15-17,20H2,1-2H3;4-5,7-8,19,26-28,34H,6,9-12,14-18,20H2,1-2H3/t25-,26+,27-,31-,32-;26-,27+,28-,30-,31-/m00/s1. The van der Waals surface area contributed by atoms with Crippen LogP contribution in [0.2, 0.25) is 0 Å². The number of hydrogen-bond donors (Lipinski definition) is 2. The quantitative estimate of drug-likeness (QED) is 0.293. The van der Waals surface area contributed by atoms with Gasteiger partial charge in [-0.25, -0.2) is 0 Å². The predicted molar refractivity (Wildman–Crippen MR) is 280 cm³/mol. The van der Waals surface area contributed by atoms with Gasteiger partial charge in [0.2, 0.25) is 0 Å². The van der Waals surface area contributed by atoms with Crippen LogP contribution < -0.4 is 14.4 Å². The summed E-state index contributed by atoms with van der Waals surface area (Å²) in [6, 6.07) is 15.7. The lowest BCUT2D eigenvalue weighted by Crippen LogP contribution is -2.51. The Bertz CT molecular complexity index is 2810. The molecule has 2 N–H and O–H groups in total. The first kappa shape index (κ1) is 48.1. The number of rotatable bonds is 3. The number of anilines is 1. The normalized spacial score (nSPS) is 36.9. The van der Waals surface area contributed by atoms with Gasteiger partial charge in [-0.2, -0.15) is 0 Å². The molecule has 72 heavy (non-hydrogen) atoms. The summed E-state index contributed by atoms with van der Waals surface area (Å²) in [5.74, 6) is 16.6. The van der Waals surface area contributed by atoms with Crippen LogP contribution in [0.4, 0.5) is 5.69 Å². The van der Waals surface area contributed by atoms with Gasteiger partial charge in [0.05, 0.1) is 13.2 Å². The first-order valence-corrected chi connectivity index (χ1v) is 28.0. The van der Waals surface area contributed by atoms with Crippen molar-refractivity contribution in [3.63, 3.8) is 0 Å². The predicted octanol–water partition coefficient (Wildman–Crippen LogP) is 11.9. The molecule has 0 aromatic heterocycles. The second-order valence-electron chi connectivity index (χ2n) is 24.1. The number of allylic oxidation sites excluding steroid dienone is 8. The first-order valence-electron chi connectivity index (χ1n) is 28.0. The highest BCUT2D eigenvalue weighted by Crippen LogP contribution is 2.69. The number of aliphatic hydroxyl groups is 2. The molecule has 378 valence electrons. The van der Waals surface area contributed by atoms with E-state index in [4.69, 9.17) is 14.2 Å². The third-order valence-electron chi connectivity index (χ3n) is 20.7. The maximum absolute atomic E-state index is 12.3. The molecular weight excluding hydrogens is 895 g/mol. The second-order valence-corrected chi connectivity index (χ2v) is 24.1. The van der Waals surface area contributed by atoms with E-state index in [1.807, 2.05) is 26.0 Å². The monoisotopic (exact) mass is 970 g/mol. The Labute approximate surface area is 428 Å². The Morgan fingerprint density at radius 3 is 1.65 bits per heavy atom. The zero-order valence-electron chi connectivity index (χ0n) is 43.3. The topological polar surface area (TPSA) is 106 Å². The Kier molecular flexibility index (Phi) is 12.2. The number of carbonyl (C=O) groups excluding carboxylic acids is 2. The molecule has 9 aliphatic carbocycles. The van der Waals surface area contributed by atoms with E-state index in [9.17, 15) is 19.8 Å². The first-order chi connectivity index (χ1) is 34.8. The molecule has 6 fully saturated rings. The molecule has 10 atom stereocenters. The van der Waals surface area contributed by atoms with Crippen LogP contribution >= 0.6 is 0 Å². The van der Waals surface area contributed by atoms with Gasteiger partial charge in [0, 0.05) is 67.1 Å². The minimum absolute atomic E-state index is 0.179. The van der Waals surface area contributed by atoms with Crippen LogP contribution in [0.5, 0.6) is 11.5 Å². The molecule has 13 rings (SSSR count). The number of morpholine rings is 1. The summed E-state index contributed by atoms with van der Waals surface area (Å²) < 4.78 is 18.5. The van der Waals surface area contributed by atoms with E-state index in [2.05, 4.69) is 84.9 Å². The molecule has 2 heterocycles. The highest BCUT2D eigenvalue weighted by Gasteiger charge is 2.64. The van der Waals surface area contributed by atoms with Crippen LogP contribution in [0.1, 0.15) is 173 Å². The van der Waals surface area contributed by atoms with Gasteiger partial charge in [-0.3, -0.25) is 9.59 Å². The van der Waals surface area contributed by atoms with Crippen molar-refractivity contribution in [2.24, 2.45) is 34.5 Å². The molecule has 2 aromatic carbocycles. The third kappa shape index (κ3) is 7.73. The van der Waals surface area contributed by atoms with Crippen LogP contribution in [0.25, 0.3) is 0 Å². The van der Waals surface area contributed by atoms with E-state index in [1.165, 1.54) is 51.1 Å². The van der Waals surface area contributed by atoms with Crippen molar-refractivity contribution in [3.05, 3.63) is 99.2 Å².